The van der Waals surface area contributed by atoms with E-state index in [1.807, 2.05) is 13.0 Å². The summed E-state index contributed by atoms with van der Waals surface area (Å²) in [6.07, 6.45) is 8.84. The molecule has 0 bridgehead atoms. The summed E-state index contributed by atoms with van der Waals surface area (Å²) < 4.78 is 5.05. The SMILES string of the molecule is COCCCNc1nc(C)cc(NC2CCCCCC2)n1. The van der Waals surface area contributed by atoms with E-state index in [-0.39, 0.29) is 0 Å². The summed E-state index contributed by atoms with van der Waals surface area (Å²) in [5.41, 5.74) is 0.996. The maximum absolute atomic E-state index is 5.05. The summed E-state index contributed by atoms with van der Waals surface area (Å²) in [6, 6.07) is 2.59. The second-order valence-corrected chi connectivity index (χ2v) is 5.82. The smallest absolute Gasteiger partial charge is 0.224 e. The molecule has 1 aliphatic carbocycles. The number of hydrogen-bond donors (Lipinski definition) is 2. The summed E-state index contributed by atoms with van der Waals surface area (Å²) in [7, 11) is 1.72. The van der Waals surface area contributed by atoms with Gasteiger partial charge < -0.3 is 15.4 Å². The van der Waals surface area contributed by atoms with Crippen molar-refractivity contribution in [3.8, 4) is 0 Å². The molecule has 2 N–H and O–H groups in total. The Morgan fingerprint density at radius 2 is 1.95 bits per heavy atom. The van der Waals surface area contributed by atoms with E-state index in [0.717, 1.165) is 31.1 Å². The van der Waals surface area contributed by atoms with Gasteiger partial charge in [0, 0.05) is 38.1 Å². The number of rotatable bonds is 7. The van der Waals surface area contributed by atoms with Gasteiger partial charge in [-0.3, -0.25) is 0 Å². The minimum atomic E-state index is 0.558. The summed E-state index contributed by atoms with van der Waals surface area (Å²) >= 11 is 0. The lowest BCUT2D eigenvalue weighted by atomic mass is 10.1. The molecule has 1 heterocycles. The number of aromatic nitrogens is 2. The van der Waals surface area contributed by atoms with Crippen molar-refractivity contribution in [2.45, 2.75) is 57.9 Å². The fourth-order valence-electron chi connectivity index (χ4n) is 2.77. The van der Waals surface area contributed by atoms with Gasteiger partial charge in [-0.15, -0.1) is 0 Å². The lowest BCUT2D eigenvalue weighted by Gasteiger charge is -2.17. The van der Waals surface area contributed by atoms with Crippen molar-refractivity contribution < 1.29 is 4.74 Å². The fraction of sp³-hybridized carbons (Fsp3) is 0.750. The van der Waals surface area contributed by atoms with Gasteiger partial charge >= 0.3 is 0 Å². The molecule has 1 saturated carbocycles. The van der Waals surface area contributed by atoms with Crippen LogP contribution in [0.25, 0.3) is 0 Å². The minimum absolute atomic E-state index is 0.558. The molecule has 0 atom stereocenters. The molecule has 21 heavy (non-hydrogen) atoms. The Morgan fingerprint density at radius 1 is 1.19 bits per heavy atom. The Labute approximate surface area is 127 Å². The van der Waals surface area contributed by atoms with Crippen molar-refractivity contribution in [1.82, 2.24) is 9.97 Å². The number of methoxy groups -OCH3 is 1. The first-order valence-electron chi connectivity index (χ1n) is 8.13. The third-order valence-electron chi connectivity index (χ3n) is 3.87. The molecular weight excluding hydrogens is 264 g/mol. The lowest BCUT2D eigenvalue weighted by Crippen LogP contribution is -2.20. The quantitative estimate of drug-likeness (QED) is 0.596. The van der Waals surface area contributed by atoms with Crippen molar-refractivity contribution in [2.75, 3.05) is 30.9 Å². The van der Waals surface area contributed by atoms with E-state index in [4.69, 9.17) is 4.74 Å². The topological polar surface area (TPSA) is 59.1 Å². The van der Waals surface area contributed by atoms with E-state index in [2.05, 4.69) is 20.6 Å². The molecule has 118 valence electrons. The largest absolute Gasteiger partial charge is 0.385 e. The van der Waals surface area contributed by atoms with Crippen LogP contribution in [0.15, 0.2) is 6.07 Å². The van der Waals surface area contributed by atoms with Crippen molar-refractivity contribution in [1.29, 1.82) is 0 Å². The van der Waals surface area contributed by atoms with Gasteiger partial charge in [0.25, 0.3) is 0 Å². The number of hydrogen-bond acceptors (Lipinski definition) is 5. The predicted octanol–water partition coefficient (Wildman–Crippen LogP) is 3.37. The highest BCUT2D eigenvalue weighted by molar-refractivity contribution is 5.42. The average Bonchev–Trinajstić information content (AvgIpc) is 2.72. The molecule has 0 spiro atoms. The van der Waals surface area contributed by atoms with Gasteiger partial charge in [-0.05, 0) is 26.2 Å². The Kier molecular flexibility index (Phi) is 6.73. The van der Waals surface area contributed by atoms with Crippen molar-refractivity contribution in [3.05, 3.63) is 11.8 Å². The summed E-state index contributed by atoms with van der Waals surface area (Å²) in [4.78, 5) is 9.02. The van der Waals surface area contributed by atoms with Crippen LogP contribution in [-0.2, 0) is 4.74 Å². The highest BCUT2D eigenvalue weighted by Gasteiger charge is 2.13. The zero-order valence-corrected chi connectivity index (χ0v) is 13.3. The second kappa shape index (κ2) is 8.82. The number of aryl methyl sites for hydroxylation is 1. The van der Waals surface area contributed by atoms with Crippen LogP contribution in [0.1, 0.15) is 50.6 Å². The summed E-state index contributed by atoms with van der Waals surface area (Å²) in [6.45, 7) is 3.60. The van der Waals surface area contributed by atoms with Crippen LogP contribution < -0.4 is 10.6 Å². The molecule has 1 aromatic heterocycles. The Morgan fingerprint density at radius 3 is 2.67 bits per heavy atom. The molecule has 0 radical (unpaired) electrons. The molecule has 0 aliphatic heterocycles. The molecule has 1 aliphatic rings. The number of nitrogens with zero attached hydrogens (tertiary/aromatic N) is 2. The number of anilines is 2. The molecule has 0 aromatic carbocycles. The molecule has 2 rings (SSSR count). The fourth-order valence-corrected chi connectivity index (χ4v) is 2.77. The van der Waals surface area contributed by atoms with E-state index < -0.39 is 0 Å². The van der Waals surface area contributed by atoms with Crippen LogP contribution in [-0.4, -0.2) is 36.3 Å². The van der Waals surface area contributed by atoms with Gasteiger partial charge in [0.2, 0.25) is 5.95 Å². The number of nitrogens with one attached hydrogen (secondary N) is 2. The van der Waals surface area contributed by atoms with Gasteiger partial charge in [-0.25, -0.2) is 4.98 Å². The molecular formula is C16H28N4O. The van der Waals surface area contributed by atoms with Gasteiger partial charge in [0.15, 0.2) is 0 Å². The van der Waals surface area contributed by atoms with E-state index in [1.165, 1.54) is 38.5 Å². The predicted molar refractivity (Wildman–Crippen MR) is 86.9 cm³/mol. The summed E-state index contributed by atoms with van der Waals surface area (Å²) in [5, 5.41) is 6.86. The molecule has 0 saturated heterocycles. The molecule has 1 aromatic rings. The summed E-state index contributed by atoms with van der Waals surface area (Å²) in [5.74, 6) is 1.66. The second-order valence-electron chi connectivity index (χ2n) is 5.82. The molecule has 1 fully saturated rings. The zero-order chi connectivity index (χ0) is 14.9. The molecule has 5 nitrogen and oxygen atoms in total. The first kappa shape index (κ1) is 16.0. The minimum Gasteiger partial charge on any atom is -0.385 e. The Bertz CT molecular complexity index is 417. The van der Waals surface area contributed by atoms with E-state index >= 15 is 0 Å². The third kappa shape index (κ3) is 5.87. The first-order chi connectivity index (χ1) is 10.3. The standard InChI is InChI=1S/C16H28N4O/c1-13-12-15(19-14-8-5-3-4-6-9-14)20-16(18-13)17-10-7-11-21-2/h12,14H,3-11H2,1-2H3,(H2,17,18,19,20). The molecule has 0 unspecified atom stereocenters. The van der Waals surface area contributed by atoms with Crippen LogP contribution in [0.4, 0.5) is 11.8 Å². The van der Waals surface area contributed by atoms with Crippen molar-refractivity contribution >= 4 is 11.8 Å². The molecule has 0 amide bonds. The van der Waals surface area contributed by atoms with Gasteiger partial charge in [-0.1, -0.05) is 25.7 Å². The molecule has 5 heteroatoms. The highest BCUT2D eigenvalue weighted by Crippen LogP contribution is 2.21. The van der Waals surface area contributed by atoms with Gasteiger partial charge in [-0.2, -0.15) is 4.98 Å². The van der Waals surface area contributed by atoms with Crippen molar-refractivity contribution in [2.24, 2.45) is 0 Å². The van der Waals surface area contributed by atoms with Crippen LogP contribution in [0.3, 0.4) is 0 Å². The first-order valence-corrected chi connectivity index (χ1v) is 8.13. The Hall–Kier alpha value is -1.36. The highest BCUT2D eigenvalue weighted by atomic mass is 16.5. The van der Waals surface area contributed by atoms with E-state index in [9.17, 15) is 0 Å². The maximum Gasteiger partial charge on any atom is 0.224 e. The number of ether oxygens (including phenoxy) is 1. The van der Waals surface area contributed by atoms with E-state index in [1.54, 1.807) is 7.11 Å². The zero-order valence-electron chi connectivity index (χ0n) is 13.3. The van der Waals surface area contributed by atoms with E-state index in [0.29, 0.717) is 12.0 Å². The Balaban J connectivity index is 1.90. The normalized spacial score (nSPS) is 16.5. The average molecular weight is 292 g/mol. The maximum atomic E-state index is 5.05. The van der Waals surface area contributed by atoms with Crippen molar-refractivity contribution in [3.63, 3.8) is 0 Å². The van der Waals surface area contributed by atoms with Gasteiger partial charge in [0.1, 0.15) is 5.82 Å². The van der Waals surface area contributed by atoms with Crippen LogP contribution >= 0.6 is 0 Å². The monoisotopic (exact) mass is 292 g/mol. The third-order valence-corrected chi connectivity index (χ3v) is 3.87. The van der Waals surface area contributed by atoms with Crippen LogP contribution in [0.5, 0.6) is 0 Å². The lowest BCUT2D eigenvalue weighted by molar-refractivity contribution is 0.197. The van der Waals surface area contributed by atoms with Crippen LogP contribution in [0, 0.1) is 6.92 Å². The van der Waals surface area contributed by atoms with Crippen LogP contribution in [0.2, 0.25) is 0 Å². The van der Waals surface area contributed by atoms with Gasteiger partial charge in [0.05, 0.1) is 0 Å².